The van der Waals surface area contributed by atoms with Crippen LogP contribution in [0, 0.1) is 0 Å². The van der Waals surface area contributed by atoms with Crippen molar-refractivity contribution in [2.75, 3.05) is 0 Å². The molecule has 0 aliphatic rings. The molecule has 1 unspecified atom stereocenters. The second-order valence-corrected chi connectivity index (χ2v) is 2.63. The van der Waals surface area contributed by atoms with E-state index in [9.17, 15) is 4.79 Å². The summed E-state index contributed by atoms with van der Waals surface area (Å²) in [7, 11) is 0. The first-order valence-corrected chi connectivity index (χ1v) is 3.59. The summed E-state index contributed by atoms with van der Waals surface area (Å²) in [5.74, 6) is -0.260. The van der Waals surface area contributed by atoms with Crippen LogP contribution in [-0.2, 0) is 9.53 Å². The minimum absolute atomic E-state index is 0.178. The van der Waals surface area contributed by atoms with Gasteiger partial charge in [-0.1, -0.05) is 0 Å². The van der Waals surface area contributed by atoms with E-state index in [1.807, 2.05) is 13.8 Å². The highest BCUT2D eigenvalue weighted by atomic mass is 16.5. The van der Waals surface area contributed by atoms with Gasteiger partial charge in [-0.2, -0.15) is 0 Å². The molecule has 0 aromatic rings. The number of hydrogen-bond donors (Lipinski definition) is 0. The Kier molecular flexibility index (Phi) is 4.32. The number of esters is 1. The van der Waals surface area contributed by atoms with E-state index in [1.54, 1.807) is 13.0 Å². The molecule has 0 saturated heterocycles. The highest BCUT2D eigenvalue weighted by molar-refractivity contribution is 5.66. The first-order valence-electron chi connectivity index (χ1n) is 3.59. The molecule has 1 atom stereocenters. The van der Waals surface area contributed by atoms with Gasteiger partial charge in [0, 0.05) is 6.92 Å². The number of ether oxygens (including phenoxy) is 1. The van der Waals surface area contributed by atoms with Crippen molar-refractivity contribution in [3.8, 4) is 0 Å². The van der Waals surface area contributed by atoms with E-state index in [0.29, 0.717) is 0 Å². The molecule has 0 radical (unpaired) electrons. The molecule has 0 aliphatic carbocycles. The van der Waals surface area contributed by atoms with E-state index < -0.39 is 0 Å². The van der Waals surface area contributed by atoms with E-state index >= 15 is 0 Å². The molecule has 0 heterocycles. The predicted octanol–water partition coefficient (Wildman–Crippen LogP) is 2.06. The van der Waals surface area contributed by atoms with E-state index in [0.717, 1.165) is 5.57 Å². The fourth-order valence-electron chi connectivity index (χ4n) is 0.580. The van der Waals surface area contributed by atoms with Crippen LogP contribution in [0.5, 0.6) is 0 Å². The lowest BCUT2D eigenvalue weighted by Gasteiger charge is -2.03. The Bertz CT molecular complexity index is 194. The number of carbonyl (C=O) groups is 1. The van der Waals surface area contributed by atoms with Crippen LogP contribution in [0.4, 0.5) is 0 Å². The van der Waals surface area contributed by atoms with E-state index in [-0.39, 0.29) is 12.1 Å². The molecule has 0 bridgehead atoms. The molecule has 0 N–H and O–H groups in total. The van der Waals surface area contributed by atoms with Crippen LogP contribution in [0.1, 0.15) is 27.7 Å². The van der Waals surface area contributed by atoms with Gasteiger partial charge in [0.05, 0.1) is 0 Å². The standard InChI is InChI=1S/C9H14O2/c1-7(2)5-6-8(3)11-9(4)10/h6,8H,1-4H3. The normalized spacial score (nSPS) is 11.3. The molecule has 0 rings (SSSR count). The summed E-state index contributed by atoms with van der Waals surface area (Å²) in [4.78, 5) is 10.4. The van der Waals surface area contributed by atoms with Gasteiger partial charge in [-0.3, -0.25) is 4.79 Å². The fourth-order valence-corrected chi connectivity index (χ4v) is 0.580. The Morgan fingerprint density at radius 3 is 2.36 bits per heavy atom. The Morgan fingerprint density at radius 2 is 2.00 bits per heavy atom. The summed E-state index contributed by atoms with van der Waals surface area (Å²) >= 11 is 0. The number of hydrogen-bond acceptors (Lipinski definition) is 2. The molecule has 0 aromatic heterocycles. The minimum atomic E-state index is -0.260. The largest absolute Gasteiger partial charge is 0.458 e. The second kappa shape index (κ2) is 4.75. The van der Waals surface area contributed by atoms with Crippen molar-refractivity contribution in [1.29, 1.82) is 0 Å². The SMILES string of the molecule is CC(=O)OC(C)C=C=C(C)C. The van der Waals surface area contributed by atoms with Gasteiger partial charge in [0.1, 0.15) is 6.10 Å². The van der Waals surface area contributed by atoms with Crippen LogP contribution in [0.15, 0.2) is 17.4 Å². The summed E-state index contributed by atoms with van der Waals surface area (Å²) in [5, 5.41) is 0. The summed E-state index contributed by atoms with van der Waals surface area (Å²) in [6.45, 7) is 7.08. The lowest BCUT2D eigenvalue weighted by atomic mass is 10.3. The summed E-state index contributed by atoms with van der Waals surface area (Å²) in [6.07, 6.45) is 1.55. The molecule has 11 heavy (non-hydrogen) atoms. The summed E-state index contributed by atoms with van der Waals surface area (Å²) < 4.78 is 4.83. The fraction of sp³-hybridized carbons (Fsp3) is 0.556. The molecular formula is C9H14O2. The summed E-state index contributed by atoms with van der Waals surface area (Å²) in [6, 6.07) is 0. The molecule has 2 nitrogen and oxygen atoms in total. The maximum Gasteiger partial charge on any atom is 0.303 e. The van der Waals surface area contributed by atoms with Crippen molar-refractivity contribution >= 4 is 5.97 Å². The van der Waals surface area contributed by atoms with Crippen molar-refractivity contribution in [3.05, 3.63) is 17.4 Å². The third kappa shape index (κ3) is 6.88. The zero-order valence-corrected chi connectivity index (χ0v) is 7.47. The van der Waals surface area contributed by atoms with Gasteiger partial charge < -0.3 is 4.74 Å². The molecule has 62 valence electrons. The van der Waals surface area contributed by atoms with Crippen LogP contribution in [0.25, 0.3) is 0 Å². The highest BCUT2D eigenvalue weighted by Crippen LogP contribution is 1.93. The van der Waals surface area contributed by atoms with E-state index in [1.165, 1.54) is 6.92 Å². The second-order valence-electron chi connectivity index (χ2n) is 2.63. The highest BCUT2D eigenvalue weighted by Gasteiger charge is 1.98. The maximum atomic E-state index is 10.4. The van der Waals surface area contributed by atoms with Crippen LogP contribution in [0.3, 0.4) is 0 Å². The average Bonchev–Trinajstić information content (AvgIpc) is 1.82. The van der Waals surface area contributed by atoms with Crippen molar-refractivity contribution in [3.63, 3.8) is 0 Å². The van der Waals surface area contributed by atoms with Gasteiger partial charge in [-0.05, 0) is 32.4 Å². The Hall–Kier alpha value is -1.01. The third-order valence-electron chi connectivity index (χ3n) is 0.959. The van der Waals surface area contributed by atoms with Gasteiger partial charge in [0.25, 0.3) is 0 Å². The summed E-state index contributed by atoms with van der Waals surface area (Å²) in [5.41, 5.74) is 4.04. The maximum absolute atomic E-state index is 10.4. The predicted molar refractivity (Wildman–Crippen MR) is 44.2 cm³/mol. The number of rotatable bonds is 2. The zero-order chi connectivity index (χ0) is 8.85. The van der Waals surface area contributed by atoms with Gasteiger partial charge in [-0.15, -0.1) is 5.73 Å². The van der Waals surface area contributed by atoms with E-state index in [2.05, 4.69) is 5.73 Å². The lowest BCUT2D eigenvalue weighted by Crippen LogP contribution is -2.08. The van der Waals surface area contributed by atoms with Gasteiger partial charge in [-0.25, -0.2) is 0 Å². The molecule has 0 spiro atoms. The minimum Gasteiger partial charge on any atom is -0.458 e. The lowest BCUT2D eigenvalue weighted by molar-refractivity contribution is -0.143. The van der Waals surface area contributed by atoms with Crippen molar-refractivity contribution in [2.45, 2.75) is 33.8 Å². The first kappa shape index (κ1) is 9.99. The van der Waals surface area contributed by atoms with Gasteiger partial charge in [0.15, 0.2) is 0 Å². The Balaban J connectivity index is 3.97. The third-order valence-corrected chi connectivity index (χ3v) is 0.959. The van der Waals surface area contributed by atoms with Crippen molar-refractivity contribution < 1.29 is 9.53 Å². The first-order chi connectivity index (χ1) is 5.02. The zero-order valence-electron chi connectivity index (χ0n) is 7.47. The molecular weight excluding hydrogens is 140 g/mol. The van der Waals surface area contributed by atoms with Gasteiger partial charge >= 0.3 is 5.97 Å². The molecule has 0 saturated carbocycles. The number of carbonyl (C=O) groups excluding carboxylic acids is 1. The van der Waals surface area contributed by atoms with Crippen LogP contribution in [0.2, 0.25) is 0 Å². The van der Waals surface area contributed by atoms with Crippen LogP contribution < -0.4 is 0 Å². The smallest absolute Gasteiger partial charge is 0.303 e. The topological polar surface area (TPSA) is 26.3 Å². The molecule has 2 heteroatoms. The van der Waals surface area contributed by atoms with Crippen LogP contribution in [-0.4, -0.2) is 12.1 Å². The molecule has 0 amide bonds. The van der Waals surface area contributed by atoms with E-state index in [4.69, 9.17) is 4.74 Å². The average molecular weight is 154 g/mol. The monoisotopic (exact) mass is 154 g/mol. The molecule has 0 fully saturated rings. The Morgan fingerprint density at radius 1 is 1.45 bits per heavy atom. The molecule has 0 aliphatic heterocycles. The van der Waals surface area contributed by atoms with Crippen molar-refractivity contribution in [2.24, 2.45) is 0 Å². The molecule has 0 aromatic carbocycles. The van der Waals surface area contributed by atoms with Crippen LogP contribution >= 0.6 is 0 Å². The quantitative estimate of drug-likeness (QED) is 0.449. The van der Waals surface area contributed by atoms with Gasteiger partial charge in [0.2, 0.25) is 0 Å². The Labute approximate surface area is 67.6 Å². The van der Waals surface area contributed by atoms with Crippen molar-refractivity contribution in [1.82, 2.24) is 0 Å².